The van der Waals surface area contributed by atoms with Crippen molar-refractivity contribution in [2.75, 3.05) is 13.7 Å². The predicted molar refractivity (Wildman–Crippen MR) is 402 cm³/mol. The molecule has 0 aromatic heterocycles. The number of fused-ring (bicyclic) bond motifs is 15. The van der Waals surface area contributed by atoms with Gasteiger partial charge in [0.1, 0.15) is 101 Å². The molecular formula is C78H93Cl2N7O28. The number of phenols is 3. The largest absolute Gasteiger partial charge is 0.508 e. The van der Waals surface area contributed by atoms with Crippen molar-refractivity contribution >= 4 is 82.5 Å². The van der Waals surface area contributed by atoms with Crippen LogP contribution in [-0.2, 0) is 62.0 Å². The standard InChI is InChI=1S/C78H93Cl2N7O28/c1-31(2)18-44(87(11)75(107)115-77(7,8)9)70(102)84-59-47(92)22-37(25-54(81)94)68(100)82-57-36-23-51(109-49-16-13-34(61(59)95)20-42(49)79)65(113-73-66(64(98)63(97)53(30-88)111-73)112-55-29-78(10,67(99)32(3)108-55)86-74(106)114-76(4,5)6)52(24-36)110-50-17-14-35(21-43(50)80)62(96)60-71(103)83-58(72(104)105)41-26-38(89)27-46(91)56(41)40-19-33(12-15-45(40)90)39(28-48(57)93)69(101)85-60/h12-17,19-21,23-24,26-27,31-32,37,39,44,53,55,57-64,66-67,73,88-91,95-99H,18,22,25,28-30H2,1-11H3,(H2,81,94)(H,82,100)(H,83,103)(H,84,102)(H,85,101)(H,86,106)(H,104,105)/t32?,37-,39+,44+,53?,55?,57+,58-,59-,60+,61+,62+,63?,64?,66?,67?,73?,78?/m0/s1. The zero-order valence-corrected chi connectivity index (χ0v) is 65.8. The number of nitrogens with two attached hydrogens (primary N) is 1. The van der Waals surface area contributed by atoms with Crippen LogP contribution in [0.5, 0.6) is 46.0 Å². The number of amides is 7. The van der Waals surface area contributed by atoms with E-state index in [0.29, 0.717) is 0 Å². The quantitative estimate of drug-likeness (QED) is 0.0671. The highest BCUT2D eigenvalue weighted by Gasteiger charge is 2.53. The molecule has 0 saturated carbocycles. The molecule has 35 nitrogen and oxygen atoms in total. The number of carbonyl (C=O) groups is 10. The van der Waals surface area contributed by atoms with Gasteiger partial charge in [-0.25, -0.2) is 14.4 Å². The van der Waals surface area contributed by atoms with Gasteiger partial charge in [-0.3, -0.25) is 38.5 Å². The van der Waals surface area contributed by atoms with Crippen LogP contribution >= 0.6 is 23.2 Å². The Bertz CT molecular complexity index is 4610. The van der Waals surface area contributed by atoms with Gasteiger partial charge in [0.2, 0.25) is 41.6 Å². The number of Topliss-reactive ketones (excluding diaryl/α,β-unsaturated/α-hetero) is 2. The van der Waals surface area contributed by atoms with Gasteiger partial charge in [-0.2, -0.15) is 0 Å². The molecule has 9 unspecified atom stereocenters. The number of alkyl carbamates (subject to hydrolysis) is 1. The van der Waals surface area contributed by atoms with Crippen LogP contribution in [0.2, 0.25) is 10.0 Å². The molecule has 0 radical (unpaired) electrons. The number of benzene rings is 5. The van der Waals surface area contributed by atoms with E-state index in [-0.39, 0.29) is 29.0 Å². The van der Waals surface area contributed by atoms with E-state index in [1.54, 1.807) is 55.4 Å². The molecule has 7 aliphatic rings. The van der Waals surface area contributed by atoms with Gasteiger partial charge in [-0.05, 0) is 145 Å². The van der Waals surface area contributed by atoms with Gasteiger partial charge >= 0.3 is 18.2 Å². The molecule has 17 N–H and O–H groups in total. The van der Waals surface area contributed by atoms with Crippen LogP contribution < -0.4 is 46.5 Å². The number of rotatable bonds is 14. The first-order chi connectivity index (χ1) is 53.7. The Morgan fingerprint density at radius 1 is 0.713 bits per heavy atom. The molecule has 11 bridgehead atoms. The Morgan fingerprint density at radius 2 is 1.32 bits per heavy atom. The van der Waals surface area contributed by atoms with E-state index in [0.717, 1.165) is 77.7 Å². The molecule has 2 fully saturated rings. The summed E-state index contributed by atoms with van der Waals surface area (Å²) in [5, 5.41) is 128. The lowest BCUT2D eigenvalue weighted by molar-refractivity contribution is -0.334. The number of aliphatic carboxylic acids is 1. The molecular weight excluding hydrogens is 1550 g/mol. The minimum absolute atomic E-state index is 0.0557. The number of aromatic hydroxyl groups is 3. The van der Waals surface area contributed by atoms with Crippen molar-refractivity contribution in [2.24, 2.45) is 17.6 Å². The van der Waals surface area contributed by atoms with Gasteiger partial charge in [0.15, 0.2) is 41.5 Å². The molecule has 37 heteroatoms. The number of hydrogen-bond donors (Lipinski definition) is 16. The summed E-state index contributed by atoms with van der Waals surface area (Å²) in [7, 11) is 1.27. The lowest BCUT2D eigenvalue weighted by Crippen LogP contribution is -2.66. The third kappa shape index (κ3) is 19.9. The van der Waals surface area contributed by atoms with Crippen molar-refractivity contribution in [3.63, 3.8) is 0 Å². The van der Waals surface area contributed by atoms with E-state index < -0.39 is 290 Å². The summed E-state index contributed by atoms with van der Waals surface area (Å²) in [5.41, 5.74) is -0.632. The molecule has 622 valence electrons. The lowest BCUT2D eigenvalue weighted by Gasteiger charge is -2.48. The van der Waals surface area contributed by atoms with Crippen molar-refractivity contribution in [3.05, 3.63) is 117 Å². The first kappa shape index (κ1) is 87.2. The van der Waals surface area contributed by atoms with Gasteiger partial charge in [-0.15, -0.1) is 0 Å². The third-order valence-corrected chi connectivity index (χ3v) is 20.5. The second-order valence-electron chi connectivity index (χ2n) is 31.6. The fraction of sp³-hybridized carbons (Fsp3) is 0.487. The smallest absolute Gasteiger partial charge is 0.410 e. The summed E-state index contributed by atoms with van der Waals surface area (Å²) < 4.78 is 50.1. The third-order valence-electron chi connectivity index (χ3n) is 19.9. The van der Waals surface area contributed by atoms with E-state index in [2.05, 4.69) is 26.6 Å². The van der Waals surface area contributed by atoms with E-state index in [1.165, 1.54) is 27.0 Å². The number of aliphatic hydroxyl groups excluding tert-OH is 6. The van der Waals surface area contributed by atoms with Crippen LogP contribution in [0, 0.1) is 11.8 Å². The van der Waals surface area contributed by atoms with Crippen molar-refractivity contribution in [3.8, 4) is 57.1 Å². The summed E-state index contributed by atoms with van der Waals surface area (Å²) in [6.07, 6.45) is -24.3. The number of phenolic OH excluding ortho intramolecular Hbond substituents is 3. The van der Waals surface area contributed by atoms with Gasteiger partial charge < -0.3 is 121 Å². The zero-order chi connectivity index (χ0) is 84.7. The van der Waals surface area contributed by atoms with E-state index in [9.17, 15) is 79.8 Å². The Hall–Kier alpha value is -10.2. The molecule has 115 heavy (non-hydrogen) atoms. The minimum atomic E-state index is -2.29. The molecule has 12 rings (SSSR count). The fourth-order valence-electron chi connectivity index (χ4n) is 14.2. The number of halogens is 2. The molecule has 0 spiro atoms. The summed E-state index contributed by atoms with van der Waals surface area (Å²) in [6, 6.07) is 3.30. The summed E-state index contributed by atoms with van der Waals surface area (Å²) in [4.78, 5) is 148. The number of likely N-dealkylation sites (N-methyl/N-ethyl adjacent to an activating group) is 1. The number of nitrogens with one attached hydrogen (secondary N) is 5. The highest BCUT2D eigenvalue weighted by atomic mass is 35.5. The molecule has 0 aliphatic carbocycles. The van der Waals surface area contributed by atoms with Crippen molar-refractivity contribution in [2.45, 2.75) is 216 Å². The number of ketones is 2. The molecule has 5 aromatic carbocycles. The second-order valence-corrected chi connectivity index (χ2v) is 32.4. The maximum Gasteiger partial charge on any atom is 0.410 e. The van der Waals surface area contributed by atoms with Gasteiger partial charge in [0.05, 0.1) is 40.1 Å². The minimum Gasteiger partial charge on any atom is -0.508 e. The van der Waals surface area contributed by atoms with Gasteiger partial charge in [0.25, 0.3) is 0 Å². The Balaban J connectivity index is 1.22. The number of aliphatic hydroxyl groups is 6. The van der Waals surface area contributed by atoms with Crippen LogP contribution in [0.3, 0.4) is 0 Å². The number of hydrogen-bond acceptors (Lipinski definition) is 27. The SMILES string of the molecule is CC(C)C[C@H](C(=O)N[C@H]1C(=O)C[C@@H](CC(N)=O)C(=O)N[C@H]2C(=O)C[C@H]3C(=O)N[C@@H](C(=O)N[C@H](C(=O)O)c4cc(O)cc(O)c4-c4cc3ccc4O)[C@H](O)c3ccc(c(Cl)c3)Oc3cc2cc(c3OC2OC(CO)C(O)C(O)C2OC2CC(C)(NC(=O)OC(C)(C)C)C(O)C(C)O2)Oc2ccc(cc2Cl)[C@H]1O)N(C)C(=O)OC(C)(C)C. The van der Waals surface area contributed by atoms with Crippen molar-refractivity contribution in [1.82, 2.24) is 31.5 Å². The number of carboxylic acids is 1. The highest BCUT2D eigenvalue weighted by Crippen LogP contribution is 2.51. The molecule has 7 heterocycles. The first-order valence-electron chi connectivity index (χ1n) is 36.6. The van der Waals surface area contributed by atoms with Crippen LogP contribution in [0.1, 0.15) is 159 Å². The van der Waals surface area contributed by atoms with Crippen LogP contribution in [0.25, 0.3) is 11.1 Å². The number of primary amides is 1. The first-order valence-corrected chi connectivity index (χ1v) is 37.4. The Kier molecular flexibility index (Phi) is 26.3. The van der Waals surface area contributed by atoms with Crippen LogP contribution in [0.4, 0.5) is 9.59 Å². The van der Waals surface area contributed by atoms with Crippen molar-refractivity contribution < 1.29 is 137 Å². The zero-order valence-electron chi connectivity index (χ0n) is 64.2. The maximum absolute atomic E-state index is 16.4. The molecule has 18 atom stereocenters. The Morgan fingerprint density at radius 3 is 1.90 bits per heavy atom. The summed E-state index contributed by atoms with van der Waals surface area (Å²) in [5.74, 6) is -20.0. The average molecular weight is 1650 g/mol. The van der Waals surface area contributed by atoms with Gasteiger partial charge in [0, 0.05) is 55.5 Å². The number of carboxylic acid groups (broad SMARTS) is 1. The number of nitrogens with zero attached hydrogens (tertiary/aromatic N) is 1. The molecule has 5 aromatic rings. The maximum atomic E-state index is 16.4. The fourth-order valence-corrected chi connectivity index (χ4v) is 14.6. The normalized spacial score (nSPS) is 27.6. The van der Waals surface area contributed by atoms with E-state index >= 15 is 19.2 Å². The average Bonchev–Trinajstić information content (AvgIpc) is 0.769. The predicted octanol–water partition coefficient (Wildman–Crippen LogP) is 5.30. The van der Waals surface area contributed by atoms with Crippen LogP contribution in [-0.4, -0.2) is 213 Å². The molecule has 7 amide bonds. The monoisotopic (exact) mass is 1650 g/mol. The highest BCUT2D eigenvalue weighted by molar-refractivity contribution is 6.32. The summed E-state index contributed by atoms with van der Waals surface area (Å²) >= 11 is 14.3. The lowest BCUT2D eigenvalue weighted by atomic mass is 9.84. The van der Waals surface area contributed by atoms with Crippen molar-refractivity contribution in [1.29, 1.82) is 0 Å². The number of ether oxygens (including phenoxy) is 8. The van der Waals surface area contributed by atoms with E-state index in [1.807, 2.05) is 0 Å². The molecule has 2 saturated heterocycles. The number of carbonyl (C=O) groups excluding carboxylic acids is 9. The van der Waals surface area contributed by atoms with E-state index in [4.69, 9.17) is 66.8 Å². The van der Waals surface area contributed by atoms with Crippen LogP contribution in [0.15, 0.2) is 78.9 Å². The Labute approximate surface area is 668 Å². The topological polar surface area (TPSA) is 536 Å². The van der Waals surface area contributed by atoms with Gasteiger partial charge in [-0.1, -0.05) is 55.2 Å². The molecule has 7 aliphatic heterocycles. The summed E-state index contributed by atoms with van der Waals surface area (Å²) in [6.45, 7) is 14.9. The second kappa shape index (κ2) is 34.7.